The minimum absolute atomic E-state index is 0.101. The van der Waals surface area contributed by atoms with Crippen LogP contribution in [0.1, 0.15) is 28.1 Å². The Morgan fingerprint density at radius 2 is 1.81 bits per heavy atom. The van der Waals surface area contributed by atoms with E-state index >= 15 is 0 Å². The van der Waals surface area contributed by atoms with Crippen LogP contribution in [0.2, 0.25) is 0 Å². The zero-order valence-corrected chi connectivity index (χ0v) is 23.5. The number of H-pyrrole nitrogens is 1. The number of hydrogen-bond donors (Lipinski definition) is 1. The molecule has 0 atom stereocenters. The fraction of sp³-hybridized carbons (Fsp3) is 0.143. The summed E-state index contributed by atoms with van der Waals surface area (Å²) in [5.74, 6) is 0.451. The molecule has 1 aliphatic rings. The normalized spacial score (nSPS) is 13.3. The number of nitrogens with zero attached hydrogens (tertiary/aromatic N) is 2. The Balaban J connectivity index is 1.25. The topological polar surface area (TPSA) is 49.0 Å². The SMILES string of the molecule is Cc1c(C2=CCC=C(c3cccs3)S2)nc(SCc2ccc(N(C)Sc3ccc(F)cc3)cc2)[nH]c1=O. The van der Waals surface area contributed by atoms with Gasteiger partial charge in [0.25, 0.3) is 5.56 Å². The van der Waals surface area contributed by atoms with Gasteiger partial charge in [-0.25, -0.2) is 9.37 Å². The molecule has 5 rings (SSSR count). The summed E-state index contributed by atoms with van der Waals surface area (Å²) in [4.78, 5) is 25.0. The first-order chi connectivity index (χ1) is 18.0. The molecular weight excluding hydrogens is 542 g/mol. The van der Waals surface area contributed by atoms with Crippen molar-refractivity contribution in [3.63, 3.8) is 0 Å². The third kappa shape index (κ3) is 6.41. The number of anilines is 1. The third-order valence-corrected chi connectivity index (χ3v) is 9.82. The molecule has 4 nitrogen and oxygen atoms in total. The highest BCUT2D eigenvalue weighted by atomic mass is 32.2. The lowest BCUT2D eigenvalue weighted by Crippen LogP contribution is -2.15. The number of benzene rings is 2. The van der Waals surface area contributed by atoms with Gasteiger partial charge < -0.3 is 9.29 Å². The molecule has 0 radical (unpaired) electrons. The number of thioether (sulfide) groups is 2. The van der Waals surface area contributed by atoms with E-state index in [1.165, 1.54) is 45.6 Å². The molecule has 0 saturated heterocycles. The monoisotopic (exact) mass is 565 g/mol. The second-order valence-corrected chi connectivity index (χ2v) is 12.5. The number of rotatable bonds is 8. The van der Waals surface area contributed by atoms with Gasteiger partial charge in [-0.15, -0.1) is 11.3 Å². The van der Waals surface area contributed by atoms with Crippen LogP contribution in [0.25, 0.3) is 9.81 Å². The smallest absolute Gasteiger partial charge is 0.255 e. The van der Waals surface area contributed by atoms with Crippen LogP contribution < -0.4 is 9.86 Å². The molecule has 4 aromatic rings. The quantitative estimate of drug-likeness (QED) is 0.132. The van der Waals surface area contributed by atoms with Crippen LogP contribution in [0.4, 0.5) is 10.1 Å². The minimum atomic E-state index is -0.237. The summed E-state index contributed by atoms with van der Waals surface area (Å²) in [6, 6.07) is 18.9. The van der Waals surface area contributed by atoms with Crippen LogP contribution >= 0.6 is 46.8 Å². The average molecular weight is 566 g/mol. The molecule has 1 aliphatic heterocycles. The summed E-state index contributed by atoms with van der Waals surface area (Å²) in [6.45, 7) is 1.83. The molecule has 0 bridgehead atoms. The van der Waals surface area contributed by atoms with Crippen LogP contribution in [0.15, 0.2) is 93.0 Å². The van der Waals surface area contributed by atoms with E-state index in [9.17, 15) is 9.18 Å². The Hall–Kier alpha value is -2.72. The van der Waals surface area contributed by atoms with E-state index in [0.29, 0.717) is 16.5 Å². The van der Waals surface area contributed by atoms with Crippen LogP contribution in [-0.2, 0) is 5.75 Å². The molecule has 0 unspecified atom stereocenters. The number of aromatic nitrogens is 2. The number of thiophene rings is 1. The zero-order chi connectivity index (χ0) is 25.8. The molecule has 0 saturated carbocycles. The van der Waals surface area contributed by atoms with E-state index < -0.39 is 0 Å². The Morgan fingerprint density at radius 1 is 1.05 bits per heavy atom. The molecular formula is C28H24FN3OS4. The van der Waals surface area contributed by atoms with Gasteiger partial charge in [-0.1, -0.05) is 53.9 Å². The second kappa shape index (κ2) is 11.8. The van der Waals surface area contributed by atoms with Gasteiger partial charge in [0.15, 0.2) is 5.16 Å². The van der Waals surface area contributed by atoms with Crippen molar-refractivity contribution in [2.75, 3.05) is 11.4 Å². The lowest BCUT2D eigenvalue weighted by molar-refractivity contribution is 0.626. The molecule has 188 valence electrons. The van der Waals surface area contributed by atoms with Gasteiger partial charge in [0.2, 0.25) is 0 Å². The van der Waals surface area contributed by atoms with E-state index in [-0.39, 0.29) is 11.4 Å². The molecule has 3 heterocycles. The van der Waals surface area contributed by atoms with E-state index in [1.54, 1.807) is 35.2 Å². The van der Waals surface area contributed by atoms with Crippen molar-refractivity contribution >= 4 is 62.3 Å². The van der Waals surface area contributed by atoms with Crippen LogP contribution in [0, 0.1) is 12.7 Å². The maximum absolute atomic E-state index is 13.2. The highest BCUT2D eigenvalue weighted by Gasteiger charge is 2.18. The second-order valence-electron chi connectivity index (χ2n) is 8.29. The highest BCUT2D eigenvalue weighted by Crippen LogP contribution is 2.44. The summed E-state index contributed by atoms with van der Waals surface area (Å²) in [5, 5.41) is 2.70. The third-order valence-electron chi connectivity index (χ3n) is 5.68. The van der Waals surface area contributed by atoms with Crippen LogP contribution in [0.3, 0.4) is 0 Å². The van der Waals surface area contributed by atoms with Crippen LogP contribution in [-0.4, -0.2) is 17.0 Å². The highest BCUT2D eigenvalue weighted by molar-refractivity contribution is 8.16. The van der Waals surface area contributed by atoms with Crippen molar-refractivity contribution < 1.29 is 4.39 Å². The zero-order valence-electron chi connectivity index (χ0n) is 20.2. The summed E-state index contributed by atoms with van der Waals surface area (Å²) < 4.78 is 15.2. The molecule has 2 aromatic carbocycles. The molecule has 2 aromatic heterocycles. The van der Waals surface area contributed by atoms with Crippen molar-refractivity contribution in [1.29, 1.82) is 0 Å². The molecule has 9 heteroatoms. The lowest BCUT2D eigenvalue weighted by atomic mass is 10.2. The van der Waals surface area contributed by atoms with E-state index in [2.05, 4.69) is 58.9 Å². The van der Waals surface area contributed by atoms with E-state index in [4.69, 9.17) is 4.98 Å². The Labute approximate surface area is 232 Å². The van der Waals surface area contributed by atoms with Crippen molar-refractivity contribution in [2.45, 2.75) is 29.1 Å². The lowest BCUT2D eigenvalue weighted by Gasteiger charge is -2.18. The van der Waals surface area contributed by atoms with Gasteiger partial charge in [0, 0.05) is 43.6 Å². The fourth-order valence-corrected chi connectivity index (χ4v) is 7.28. The van der Waals surface area contributed by atoms with Gasteiger partial charge in [0.05, 0.1) is 5.69 Å². The van der Waals surface area contributed by atoms with Gasteiger partial charge in [-0.05, 0) is 78.7 Å². The van der Waals surface area contributed by atoms with Gasteiger partial charge in [0.1, 0.15) is 5.82 Å². The summed E-state index contributed by atoms with van der Waals surface area (Å²) in [7, 11) is 1.98. The average Bonchev–Trinajstić information content (AvgIpc) is 3.46. The maximum atomic E-state index is 13.2. The van der Waals surface area contributed by atoms with Crippen molar-refractivity contribution in [2.24, 2.45) is 0 Å². The first-order valence-electron chi connectivity index (χ1n) is 11.6. The fourth-order valence-electron chi connectivity index (χ4n) is 3.67. The molecule has 1 N–H and O–H groups in total. The molecule has 37 heavy (non-hydrogen) atoms. The largest absolute Gasteiger partial charge is 0.315 e. The van der Waals surface area contributed by atoms with Gasteiger partial charge in [-0.2, -0.15) is 0 Å². The number of aromatic amines is 1. The summed E-state index contributed by atoms with van der Waals surface area (Å²) >= 11 is 6.46. The van der Waals surface area contributed by atoms with Crippen molar-refractivity contribution in [1.82, 2.24) is 9.97 Å². The molecule has 0 spiro atoms. The molecule has 0 amide bonds. The Kier molecular flexibility index (Phi) is 8.24. The standard InChI is InChI=1S/C28H24FN3OS4/c1-18-26(25-6-3-5-24(36-25)23-7-4-16-34-23)30-28(31-27(18)33)35-17-19-8-12-21(13-9-19)32(2)37-22-14-10-20(29)11-15-22/h4-16H,3,17H2,1-2H3,(H,30,31,33). The first kappa shape index (κ1) is 25.9. The predicted octanol–water partition coefficient (Wildman–Crippen LogP) is 8.23. The Bertz CT molecular complexity index is 1490. The maximum Gasteiger partial charge on any atom is 0.255 e. The number of nitrogens with one attached hydrogen (secondary N) is 1. The van der Waals surface area contributed by atoms with Crippen LogP contribution in [0.5, 0.6) is 0 Å². The van der Waals surface area contributed by atoms with Gasteiger partial charge >= 0.3 is 0 Å². The molecule has 0 aliphatic carbocycles. The number of hydrogen-bond acceptors (Lipinski definition) is 7. The minimum Gasteiger partial charge on any atom is -0.315 e. The summed E-state index contributed by atoms with van der Waals surface area (Å²) in [6.07, 6.45) is 5.19. The number of allylic oxidation sites excluding steroid dienone is 2. The van der Waals surface area contributed by atoms with Crippen molar-refractivity contribution in [3.8, 4) is 0 Å². The first-order valence-corrected chi connectivity index (χ1v) is 15.0. The molecule has 0 fully saturated rings. The van der Waals surface area contributed by atoms with Crippen molar-refractivity contribution in [3.05, 3.63) is 116 Å². The van der Waals surface area contributed by atoms with E-state index in [1.807, 2.05) is 18.3 Å². The number of halogens is 1. The Morgan fingerprint density at radius 3 is 2.54 bits per heavy atom. The predicted molar refractivity (Wildman–Crippen MR) is 159 cm³/mol. The van der Waals surface area contributed by atoms with E-state index in [0.717, 1.165) is 33.2 Å². The van der Waals surface area contributed by atoms with Gasteiger partial charge in [-0.3, -0.25) is 4.79 Å². The summed E-state index contributed by atoms with van der Waals surface area (Å²) in [5.41, 5.74) is 3.47.